The molecular formula is C27H34O5. The van der Waals surface area contributed by atoms with Crippen LogP contribution < -0.4 is 0 Å². The second-order valence-corrected chi connectivity index (χ2v) is 9.21. The molecule has 4 rings (SSSR count). The quantitative estimate of drug-likeness (QED) is 0.577. The fourth-order valence-electron chi connectivity index (χ4n) is 5.38. The third-order valence-corrected chi connectivity index (χ3v) is 6.96. The normalized spacial score (nSPS) is 33.3. The van der Waals surface area contributed by atoms with Crippen LogP contribution in [0.15, 0.2) is 72.3 Å². The van der Waals surface area contributed by atoms with Gasteiger partial charge in [-0.15, -0.1) is 0 Å². The molecule has 0 unspecified atom stereocenters. The first kappa shape index (κ1) is 23.1. The Labute approximate surface area is 190 Å². The van der Waals surface area contributed by atoms with Crippen molar-refractivity contribution in [3.8, 4) is 0 Å². The van der Waals surface area contributed by atoms with Crippen LogP contribution in [0.5, 0.6) is 0 Å². The van der Waals surface area contributed by atoms with Crippen LogP contribution in [0, 0.1) is 17.8 Å². The number of hydrogen-bond acceptors (Lipinski definition) is 5. The number of fused-ring (bicyclic) bond motifs is 1. The number of rotatable bonds is 7. The van der Waals surface area contributed by atoms with E-state index >= 15 is 0 Å². The van der Waals surface area contributed by atoms with Crippen molar-refractivity contribution >= 4 is 0 Å². The summed E-state index contributed by atoms with van der Waals surface area (Å²) >= 11 is 0. The van der Waals surface area contributed by atoms with Gasteiger partial charge in [0.05, 0.1) is 43.7 Å². The van der Waals surface area contributed by atoms with Crippen molar-refractivity contribution in [1.82, 2.24) is 0 Å². The van der Waals surface area contributed by atoms with Gasteiger partial charge in [0.1, 0.15) is 0 Å². The highest BCUT2D eigenvalue weighted by Crippen LogP contribution is 2.47. The van der Waals surface area contributed by atoms with Crippen LogP contribution in [-0.2, 0) is 22.7 Å². The molecular weight excluding hydrogens is 404 g/mol. The van der Waals surface area contributed by atoms with Gasteiger partial charge in [-0.3, -0.25) is 0 Å². The molecule has 5 nitrogen and oxygen atoms in total. The molecule has 0 aliphatic heterocycles. The summed E-state index contributed by atoms with van der Waals surface area (Å²) in [6.45, 7) is 4.60. The van der Waals surface area contributed by atoms with E-state index in [0.29, 0.717) is 19.6 Å². The lowest BCUT2D eigenvalue weighted by atomic mass is 9.61. The molecule has 172 valence electrons. The van der Waals surface area contributed by atoms with Gasteiger partial charge in [-0.25, -0.2) is 0 Å². The zero-order valence-corrected chi connectivity index (χ0v) is 18.7. The first-order valence-electron chi connectivity index (χ1n) is 11.5. The summed E-state index contributed by atoms with van der Waals surface area (Å²) in [4.78, 5) is 0. The van der Waals surface area contributed by atoms with Crippen LogP contribution in [0.4, 0.5) is 0 Å². The van der Waals surface area contributed by atoms with Crippen LogP contribution in [0.25, 0.3) is 0 Å². The van der Waals surface area contributed by atoms with Gasteiger partial charge in [0.25, 0.3) is 0 Å². The molecule has 5 heteroatoms. The molecule has 0 amide bonds. The van der Waals surface area contributed by atoms with Crippen LogP contribution in [0.3, 0.4) is 0 Å². The summed E-state index contributed by atoms with van der Waals surface area (Å²) in [6, 6.07) is 19.9. The first-order valence-corrected chi connectivity index (χ1v) is 11.5. The van der Waals surface area contributed by atoms with Gasteiger partial charge < -0.3 is 24.8 Å². The molecule has 1 fully saturated rings. The van der Waals surface area contributed by atoms with E-state index in [2.05, 4.69) is 6.92 Å². The smallest absolute Gasteiger partial charge is 0.0891 e. The molecule has 2 aliphatic carbocycles. The summed E-state index contributed by atoms with van der Waals surface area (Å²) in [7, 11) is 0. The Morgan fingerprint density at radius 3 is 1.94 bits per heavy atom. The predicted octanol–water partition coefficient (Wildman–Crippen LogP) is 3.47. The summed E-state index contributed by atoms with van der Waals surface area (Å²) < 4.78 is 12.7. The van der Waals surface area contributed by atoms with E-state index < -0.39 is 24.4 Å². The molecule has 0 aromatic heterocycles. The van der Waals surface area contributed by atoms with Crippen molar-refractivity contribution in [3.05, 3.63) is 83.4 Å². The van der Waals surface area contributed by atoms with Crippen LogP contribution in [-0.4, -0.2) is 45.8 Å². The van der Waals surface area contributed by atoms with E-state index in [-0.39, 0.29) is 23.9 Å². The molecule has 0 bridgehead atoms. The third kappa shape index (κ3) is 4.98. The highest BCUT2D eigenvalue weighted by atomic mass is 16.5. The zero-order chi connectivity index (χ0) is 22.7. The highest BCUT2D eigenvalue weighted by molar-refractivity contribution is 5.24. The molecule has 32 heavy (non-hydrogen) atoms. The molecule has 2 aliphatic rings. The molecule has 3 N–H and O–H groups in total. The molecule has 0 radical (unpaired) electrons. The van der Waals surface area contributed by atoms with Gasteiger partial charge in [-0.05, 0) is 36.0 Å². The zero-order valence-electron chi connectivity index (χ0n) is 18.7. The Hall–Kier alpha value is -2.02. The maximum atomic E-state index is 11.3. The van der Waals surface area contributed by atoms with E-state index in [4.69, 9.17) is 9.47 Å². The monoisotopic (exact) mass is 438 g/mol. The molecule has 0 heterocycles. The van der Waals surface area contributed by atoms with Crippen molar-refractivity contribution in [2.45, 2.75) is 64.0 Å². The lowest BCUT2D eigenvalue weighted by molar-refractivity contribution is -0.192. The molecule has 8 atom stereocenters. The lowest BCUT2D eigenvalue weighted by Gasteiger charge is -2.52. The summed E-state index contributed by atoms with van der Waals surface area (Å²) in [5.41, 5.74) is 2.87. The van der Waals surface area contributed by atoms with Crippen molar-refractivity contribution < 1.29 is 24.8 Å². The van der Waals surface area contributed by atoms with Gasteiger partial charge in [0.15, 0.2) is 0 Å². The molecule has 2 aromatic carbocycles. The maximum Gasteiger partial charge on any atom is 0.0891 e. The van der Waals surface area contributed by atoms with E-state index in [9.17, 15) is 15.3 Å². The summed E-state index contributed by atoms with van der Waals surface area (Å²) in [5, 5.41) is 32.3. The predicted molar refractivity (Wildman–Crippen MR) is 123 cm³/mol. The molecule has 0 saturated heterocycles. The van der Waals surface area contributed by atoms with Crippen LogP contribution >= 0.6 is 0 Å². The fraction of sp³-hybridized carbons (Fsp3) is 0.481. The standard InChI is InChI=1S/C27H34O5/c1-17-26(31-15-19-9-5-3-6-10-19)24-22(18(2)28)13-21(29)14-23(24)25(30)27(17)32-16-20-11-7-4-8-12-20/h3-13,17-18,21,23-30H,14-16H2,1-2H3/t17-,18+,21-,23-,24+,25-,26-,27-/m1/s1. The van der Waals surface area contributed by atoms with E-state index in [0.717, 1.165) is 16.7 Å². The largest absolute Gasteiger partial charge is 0.390 e. The summed E-state index contributed by atoms with van der Waals surface area (Å²) in [6.07, 6.45) is -0.696. The maximum absolute atomic E-state index is 11.3. The van der Waals surface area contributed by atoms with Gasteiger partial charge in [-0.2, -0.15) is 0 Å². The Balaban J connectivity index is 1.60. The Morgan fingerprint density at radius 1 is 0.875 bits per heavy atom. The minimum absolute atomic E-state index is 0.101. The van der Waals surface area contributed by atoms with Gasteiger partial charge >= 0.3 is 0 Å². The Kier molecular flexibility index (Phi) is 7.44. The van der Waals surface area contributed by atoms with Crippen molar-refractivity contribution in [2.75, 3.05) is 0 Å². The second kappa shape index (κ2) is 10.3. The average molecular weight is 439 g/mol. The fourth-order valence-corrected chi connectivity index (χ4v) is 5.38. The SMILES string of the molecule is C[C@H]1[C@@H](OCc2ccccc2)[C@H](O)[C@@H]2C[C@H](O)C=C([C@H](C)O)[C@@H]2[C@@H]1OCc1ccccc1. The van der Waals surface area contributed by atoms with Crippen molar-refractivity contribution in [3.63, 3.8) is 0 Å². The highest BCUT2D eigenvalue weighted by Gasteiger charge is 2.53. The van der Waals surface area contributed by atoms with Gasteiger partial charge in [-0.1, -0.05) is 73.7 Å². The number of aliphatic hydroxyl groups excluding tert-OH is 3. The van der Waals surface area contributed by atoms with E-state index in [1.54, 1.807) is 13.0 Å². The minimum Gasteiger partial charge on any atom is -0.390 e. The van der Waals surface area contributed by atoms with E-state index in [1.165, 1.54) is 0 Å². The lowest BCUT2D eigenvalue weighted by Crippen LogP contribution is -2.59. The second-order valence-electron chi connectivity index (χ2n) is 9.21. The van der Waals surface area contributed by atoms with Gasteiger partial charge in [0.2, 0.25) is 0 Å². The van der Waals surface area contributed by atoms with Crippen molar-refractivity contribution in [1.29, 1.82) is 0 Å². The minimum atomic E-state index is -0.757. The number of benzene rings is 2. The Bertz CT molecular complexity index is 881. The van der Waals surface area contributed by atoms with Crippen LogP contribution in [0.2, 0.25) is 0 Å². The molecule has 2 aromatic rings. The van der Waals surface area contributed by atoms with Gasteiger partial charge in [0, 0.05) is 11.8 Å². The average Bonchev–Trinajstić information content (AvgIpc) is 2.80. The number of ether oxygens (including phenoxy) is 2. The van der Waals surface area contributed by atoms with E-state index in [1.807, 2.05) is 60.7 Å². The topological polar surface area (TPSA) is 79.2 Å². The van der Waals surface area contributed by atoms with Crippen molar-refractivity contribution in [2.24, 2.45) is 17.8 Å². The summed E-state index contributed by atoms with van der Waals surface area (Å²) in [5.74, 6) is -0.530. The Morgan fingerprint density at radius 2 is 1.41 bits per heavy atom. The molecule has 1 saturated carbocycles. The first-order chi connectivity index (χ1) is 15.5. The third-order valence-electron chi connectivity index (χ3n) is 6.96. The van der Waals surface area contributed by atoms with Crippen LogP contribution in [0.1, 0.15) is 31.4 Å². The number of hydrogen-bond donors (Lipinski definition) is 3. The number of aliphatic hydroxyl groups is 3. The molecule has 0 spiro atoms.